The Balaban J connectivity index is 3.80. The summed E-state index contributed by atoms with van der Waals surface area (Å²) in [5, 5.41) is 1.87. The fourth-order valence-corrected chi connectivity index (χ4v) is 2.71. The van der Waals surface area contributed by atoms with Gasteiger partial charge in [0.05, 0.1) is 0 Å². The number of rotatable bonds is 1. The molecule has 0 amide bonds. The van der Waals surface area contributed by atoms with Gasteiger partial charge in [-0.2, -0.15) is 0 Å². The molecule has 0 saturated heterocycles. The first-order valence-corrected chi connectivity index (χ1v) is 7.90. The molecular weight excluding hydrogens is 260 g/mol. The van der Waals surface area contributed by atoms with Gasteiger partial charge in [0.25, 0.3) is 0 Å². The summed E-state index contributed by atoms with van der Waals surface area (Å²) in [7, 11) is 0. The van der Waals surface area contributed by atoms with Crippen molar-refractivity contribution in [1.29, 1.82) is 0 Å². The minimum Gasteiger partial charge on any atom is -0.0881 e. The molecule has 0 aliphatic carbocycles. The molecule has 0 aliphatic rings. The molecule has 0 heterocycles. The van der Waals surface area contributed by atoms with Crippen molar-refractivity contribution in [3.05, 3.63) is 34.4 Å². The lowest BCUT2D eigenvalue weighted by molar-refractivity contribution is 0.547. The van der Waals surface area contributed by atoms with E-state index in [2.05, 4.69) is 74.4 Å². The first-order chi connectivity index (χ1) is 8.78. The van der Waals surface area contributed by atoms with Crippen molar-refractivity contribution >= 4 is 17.6 Å². The highest BCUT2D eigenvalue weighted by Gasteiger charge is 2.27. The monoisotopic (exact) mass is 290 g/mol. The van der Waals surface area contributed by atoms with Crippen molar-refractivity contribution < 1.29 is 0 Å². The largest absolute Gasteiger partial charge is 0.0881 e. The standard InChI is InChI=1S/C19H30S/c1-17(2,3)13-10-15(18(4,5)6)14(12-20)16(11-13)19(7,8)9/h10-12H,1-9H3. The zero-order chi connectivity index (χ0) is 15.9. The lowest BCUT2D eigenvalue weighted by Gasteiger charge is -2.32. The summed E-state index contributed by atoms with van der Waals surface area (Å²) >= 11 is 5.34. The third kappa shape index (κ3) is 3.69. The maximum Gasteiger partial charge on any atom is 0.00920 e. The predicted molar refractivity (Wildman–Crippen MR) is 95.3 cm³/mol. The van der Waals surface area contributed by atoms with E-state index in [1.54, 1.807) is 0 Å². The fraction of sp³-hybridized carbons (Fsp3) is 0.632. The van der Waals surface area contributed by atoms with Crippen LogP contribution in [0.1, 0.15) is 84.6 Å². The average molecular weight is 291 g/mol. The molecule has 0 atom stereocenters. The zero-order valence-corrected chi connectivity index (χ0v) is 15.5. The van der Waals surface area contributed by atoms with E-state index in [1.165, 1.54) is 22.3 Å². The molecule has 0 unspecified atom stereocenters. The van der Waals surface area contributed by atoms with E-state index < -0.39 is 0 Å². The highest BCUT2D eigenvalue weighted by Crippen LogP contribution is 2.37. The number of benzene rings is 1. The molecule has 1 heteroatoms. The Kier molecular flexibility index (Phi) is 4.56. The van der Waals surface area contributed by atoms with Crippen LogP contribution in [0.2, 0.25) is 0 Å². The molecule has 112 valence electrons. The molecular formula is C19H30S. The number of hydrogen-bond donors (Lipinski definition) is 0. The van der Waals surface area contributed by atoms with E-state index >= 15 is 0 Å². The van der Waals surface area contributed by atoms with Crippen molar-refractivity contribution in [2.45, 2.75) is 78.6 Å². The van der Waals surface area contributed by atoms with E-state index in [0.717, 1.165) is 0 Å². The summed E-state index contributed by atoms with van der Waals surface area (Å²) in [6, 6.07) is 4.71. The van der Waals surface area contributed by atoms with Crippen LogP contribution in [0.15, 0.2) is 12.1 Å². The van der Waals surface area contributed by atoms with Crippen LogP contribution < -0.4 is 0 Å². The van der Waals surface area contributed by atoms with Gasteiger partial charge in [0.1, 0.15) is 0 Å². The second-order valence-corrected chi connectivity index (χ2v) is 9.09. The van der Waals surface area contributed by atoms with Gasteiger partial charge in [0.2, 0.25) is 0 Å². The molecule has 0 saturated carbocycles. The first kappa shape index (κ1) is 17.4. The first-order valence-electron chi connectivity index (χ1n) is 7.43. The molecule has 1 aromatic carbocycles. The maximum absolute atomic E-state index is 5.34. The summed E-state index contributed by atoms with van der Waals surface area (Å²) in [4.78, 5) is 0. The molecule has 0 aromatic heterocycles. The van der Waals surface area contributed by atoms with E-state index in [9.17, 15) is 0 Å². The summed E-state index contributed by atoms with van der Waals surface area (Å²) in [6.07, 6.45) is 0. The van der Waals surface area contributed by atoms with Gasteiger partial charge in [-0.05, 0) is 38.5 Å². The number of thiocarbonyl (C=S) groups is 1. The molecule has 0 radical (unpaired) electrons. The average Bonchev–Trinajstić information content (AvgIpc) is 2.23. The van der Waals surface area contributed by atoms with Gasteiger partial charge in [-0.25, -0.2) is 0 Å². The Morgan fingerprint density at radius 1 is 0.700 bits per heavy atom. The Bertz CT molecular complexity index is 467. The molecule has 0 nitrogen and oxygen atoms in total. The molecule has 20 heavy (non-hydrogen) atoms. The fourth-order valence-electron chi connectivity index (χ4n) is 2.45. The Labute approximate surface area is 131 Å². The maximum atomic E-state index is 5.34. The number of hydrogen-bond acceptors (Lipinski definition) is 1. The summed E-state index contributed by atoms with van der Waals surface area (Å²) in [5.74, 6) is 0. The van der Waals surface area contributed by atoms with Crippen molar-refractivity contribution in [2.24, 2.45) is 0 Å². The summed E-state index contributed by atoms with van der Waals surface area (Å²) in [5.41, 5.74) is 5.73. The quantitative estimate of drug-likeness (QED) is 0.578. The van der Waals surface area contributed by atoms with Crippen LogP contribution in [0.3, 0.4) is 0 Å². The molecule has 0 N–H and O–H groups in total. The molecule has 0 fully saturated rings. The second-order valence-electron chi connectivity index (χ2n) is 8.85. The van der Waals surface area contributed by atoms with Crippen LogP contribution in [-0.2, 0) is 16.2 Å². The predicted octanol–water partition coefficient (Wildman–Crippen LogP) is 5.93. The molecule has 0 bridgehead atoms. The van der Waals surface area contributed by atoms with Gasteiger partial charge in [-0.3, -0.25) is 0 Å². The third-order valence-electron chi connectivity index (χ3n) is 3.78. The smallest absolute Gasteiger partial charge is 0.00920 e. The molecule has 1 rings (SSSR count). The summed E-state index contributed by atoms with van der Waals surface area (Å²) in [6.45, 7) is 20.4. The minimum atomic E-state index is 0.103. The topological polar surface area (TPSA) is 0 Å². The highest BCUT2D eigenvalue weighted by atomic mass is 32.1. The van der Waals surface area contributed by atoms with E-state index in [0.29, 0.717) is 0 Å². The Morgan fingerprint density at radius 2 is 1.05 bits per heavy atom. The van der Waals surface area contributed by atoms with Crippen LogP contribution in [0, 0.1) is 0 Å². The second kappa shape index (κ2) is 5.26. The van der Waals surface area contributed by atoms with E-state index in [4.69, 9.17) is 12.2 Å². The van der Waals surface area contributed by atoms with Crippen molar-refractivity contribution in [3.8, 4) is 0 Å². The lowest BCUT2D eigenvalue weighted by Crippen LogP contribution is -2.24. The lowest BCUT2D eigenvalue weighted by atomic mass is 9.73. The zero-order valence-electron chi connectivity index (χ0n) is 14.6. The third-order valence-corrected chi connectivity index (χ3v) is 4.02. The van der Waals surface area contributed by atoms with Crippen molar-refractivity contribution in [2.75, 3.05) is 0 Å². The van der Waals surface area contributed by atoms with Crippen LogP contribution in [0.5, 0.6) is 0 Å². The molecule has 0 spiro atoms. The van der Waals surface area contributed by atoms with Gasteiger partial charge >= 0.3 is 0 Å². The minimum absolute atomic E-state index is 0.103. The molecule has 1 aromatic rings. The van der Waals surface area contributed by atoms with Gasteiger partial charge in [0, 0.05) is 5.37 Å². The Hall–Kier alpha value is -0.690. The van der Waals surface area contributed by atoms with Crippen LogP contribution in [-0.4, -0.2) is 5.37 Å². The normalized spacial score (nSPS) is 13.4. The van der Waals surface area contributed by atoms with Gasteiger partial charge in [-0.1, -0.05) is 86.7 Å². The van der Waals surface area contributed by atoms with Crippen molar-refractivity contribution in [1.82, 2.24) is 0 Å². The van der Waals surface area contributed by atoms with Gasteiger partial charge in [-0.15, -0.1) is 0 Å². The highest BCUT2D eigenvalue weighted by molar-refractivity contribution is 7.79. The van der Waals surface area contributed by atoms with Gasteiger partial charge < -0.3 is 0 Å². The van der Waals surface area contributed by atoms with Gasteiger partial charge in [0.15, 0.2) is 0 Å². The Morgan fingerprint density at radius 3 is 1.25 bits per heavy atom. The van der Waals surface area contributed by atoms with E-state index in [1.807, 2.05) is 5.37 Å². The van der Waals surface area contributed by atoms with Crippen LogP contribution >= 0.6 is 12.2 Å². The SMILES string of the molecule is CC(C)(C)c1cc(C(C)(C)C)c(C=S)c(C(C)(C)C)c1. The molecule has 0 aliphatic heterocycles. The summed E-state index contributed by atoms with van der Waals surface area (Å²) < 4.78 is 0. The van der Waals surface area contributed by atoms with Crippen LogP contribution in [0.25, 0.3) is 0 Å². The van der Waals surface area contributed by atoms with Crippen LogP contribution in [0.4, 0.5) is 0 Å². The van der Waals surface area contributed by atoms with Crippen molar-refractivity contribution in [3.63, 3.8) is 0 Å². The van der Waals surface area contributed by atoms with E-state index in [-0.39, 0.29) is 16.2 Å².